The molecule has 3 fully saturated rings. The molecule has 0 aromatic heterocycles. The molecule has 0 saturated carbocycles. The fraction of sp³-hybridized carbons (Fsp3) is 0.290. The number of carbonyl (C=O) groups is 4. The van der Waals surface area contributed by atoms with E-state index in [2.05, 4.69) is 0 Å². The quantitative estimate of drug-likeness (QED) is 0.378. The molecular formula is C31H29N3O4. The monoisotopic (exact) mass is 507 g/mol. The van der Waals surface area contributed by atoms with Crippen LogP contribution in [0.1, 0.15) is 35.2 Å². The molecule has 3 unspecified atom stereocenters. The van der Waals surface area contributed by atoms with Gasteiger partial charge < -0.3 is 4.90 Å². The van der Waals surface area contributed by atoms with Crippen molar-refractivity contribution in [3.05, 3.63) is 101 Å². The topological polar surface area (TPSA) is 78.0 Å². The maximum absolute atomic E-state index is 14.6. The molecule has 192 valence electrons. The van der Waals surface area contributed by atoms with Crippen LogP contribution in [-0.2, 0) is 20.8 Å². The number of anilines is 1. The van der Waals surface area contributed by atoms with Crippen LogP contribution in [0.2, 0.25) is 0 Å². The van der Waals surface area contributed by atoms with E-state index in [1.807, 2.05) is 80.6 Å². The van der Waals surface area contributed by atoms with Crippen LogP contribution in [0.5, 0.6) is 0 Å². The molecule has 4 atom stereocenters. The Morgan fingerprint density at radius 3 is 2.16 bits per heavy atom. The number of imide groups is 2. The second-order valence-electron chi connectivity index (χ2n) is 10.5. The Balaban J connectivity index is 1.61. The molecule has 3 aromatic rings. The third kappa shape index (κ3) is 3.20. The van der Waals surface area contributed by atoms with Crippen molar-refractivity contribution in [1.82, 2.24) is 9.80 Å². The first-order valence-corrected chi connectivity index (χ1v) is 13.0. The summed E-state index contributed by atoms with van der Waals surface area (Å²) in [5, 5.41) is 0. The van der Waals surface area contributed by atoms with E-state index in [-0.39, 0.29) is 24.8 Å². The predicted octanol–water partition coefficient (Wildman–Crippen LogP) is 4.43. The molecule has 0 N–H and O–H groups in total. The number of hydrogen-bond acceptors (Lipinski definition) is 4. The lowest BCUT2D eigenvalue weighted by molar-refractivity contribution is -0.144. The number of benzene rings is 3. The minimum atomic E-state index is -1.53. The molecule has 0 bridgehead atoms. The van der Waals surface area contributed by atoms with Gasteiger partial charge in [-0.1, -0.05) is 72.3 Å². The molecule has 38 heavy (non-hydrogen) atoms. The molecule has 3 aliphatic heterocycles. The van der Waals surface area contributed by atoms with Crippen LogP contribution in [0.3, 0.4) is 0 Å². The number of amides is 5. The summed E-state index contributed by atoms with van der Waals surface area (Å²) < 4.78 is 0. The predicted molar refractivity (Wildman–Crippen MR) is 142 cm³/mol. The Hall–Kier alpha value is -4.26. The summed E-state index contributed by atoms with van der Waals surface area (Å²) in [6, 6.07) is 23.1. The lowest BCUT2D eigenvalue weighted by Crippen LogP contribution is -2.55. The van der Waals surface area contributed by atoms with Crippen molar-refractivity contribution < 1.29 is 19.2 Å². The summed E-state index contributed by atoms with van der Waals surface area (Å²) >= 11 is 0. The molecule has 6 rings (SSSR count). The summed E-state index contributed by atoms with van der Waals surface area (Å²) in [6.07, 6.45) is 0.140. The lowest BCUT2D eigenvalue weighted by Gasteiger charge is -2.35. The van der Waals surface area contributed by atoms with Crippen LogP contribution in [-0.4, -0.2) is 45.6 Å². The van der Waals surface area contributed by atoms with E-state index < -0.39 is 35.4 Å². The Labute approximate surface area is 221 Å². The number of rotatable bonds is 5. The molecule has 7 nitrogen and oxygen atoms in total. The highest BCUT2D eigenvalue weighted by molar-refractivity contribution is 6.27. The molecule has 3 saturated heterocycles. The molecule has 5 amide bonds. The van der Waals surface area contributed by atoms with Crippen LogP contribution in [0.4, 0.5) is 10.5 Å². The van der Waals surface area contributed by atoms with Gasteiger partial charge in [-0.3, -0.25) is 19.3 Å². The van der Waals surface area contributed by atoms with Gasteiger partial charge in [0.2, 0.25) is 11.8 Å². The SMILES string of the molecule is CCN1C(=O)C2C(c3ccc(C)cc3)N3C(=O)N(c4cccc(C)c4)C(=O)[C@@]3(Cc3ccccc3)C2C1=O. The molecule has 7 heteroatoms. The van der Waals surface area contributed by atoms with Crippen LogP contribution in [0.15, 0.2) is 78.9 Å². The Kier molecular flexibility index (Phi) is 5.49. The maximum atomic E-state index is 14.6. The van der Waals surface area contributed by atoms with Gasteiger partial charge >= 0.3 is 6.03 Å². The molecule has 3 aromatic carbocycles. The van der Waals surface area contributed by atoms with Crippen LogP contribution >= 0.6 is 0 Å². The first kappa shape index (κ1) is 24.1. The number of likely N-dealkylation sites (tertiary alicyclic amines) is 1. The first-order valence-electron chi connectivity index (χ1n) is 13.0. The van der Waals surface area contributed by atoms with Gasteiger partial charge in [-0.2, -0.15) is 0 Å². The summed E-state index contributed by atoms with van der Waals surface area (Å²) in [5.74, 6) is -2.97. The van der Waals surface area contributed by atoms with Crippen molar-refractivity contribution in [2.24, 2.45) is 11.8 Å². The van der Waals surface area contributed by atoms with Gasteiger partial charge in [0.1, 0.15) is 5.54 Å². The summed E-state index contributed by atoms with van der Waals surface area (Å²) in [5.41, 5.74) is 2.44. The van der Waals surface area contributed by atoms with Crippen molar-refractivity contribution in [2.45, 2.75) is 38.8 Å². The fourth-order valence-electron chi connectivity index (χ4n) is 6.65. The Bertz CT molecular complexity index is 1470. The van der Waals surface area contributed by atoms with Crippen LogP contribution < -0.4 is 4.90 Å². The molecule has 3 heterocycles. The van der Waals surface area contributed by atoms with E-state index >= 15 is 0 Å². The van der Waals surface area contributed by atoms with Crippen molar-refractivity contribution in [3.63, 3.8) is 0 Å². The van der Waals surface area contributed by atoms with Gasteiger partial charge in [-0.25, -0.2) is 9.69 Å². The lowest BCUT2D eigenvalue weighted by atomic mass is 9.75. The largest absolute Gasteiger partial charge is 0.332 e. The standard InChI is InChI=1S/C31H29N3O4/c1-4-32-27(35)24-25(28(32)36)31(18-21-10-6-5-7-11-21)29(37)33(23-12-8-9-20(3)17-23)30(38)34(31)26(24)22-15-13-19(2)14-16-22/h5-17,24-26H,4,18H2,1-3H3/t24?,25?,26?,31-/m1/s1. The van der Waals surface area contributed by atoms with E-state index in [9.17, 15) is 19.2 Å². The number of fused-ring (bicyclic) bond motifs is 3. The Morgan fingerprint density at radius 1 is 0.789 bits per heavy atom. The smallest absolute Gasteiger partial charge is 0.300 e. The highest BCUT2D eigenvalue weighted by Gasteiger charge is 2.77. The first-order chi connectivity index (χ1) is 18.3. The molecule has 0 spiro atoms. The second-order valence-corrected chi connectivity index (χ2v) is 10.5. The van der Waals surface area contributed by atoms with E-state index in [1.165, 1.54) is 9.80 Å². The van der Waals surface area contributed by atoms with Gasteiger partial charge in [0.05, 0.1) is 23.6 Å². The normalized spacial score (nSPS) is 26.4. The average Bonchev–Trinajstić information content (AvgIpc) is 3.42. The minimum absolute atomic E-state index is 0.140. The third-order valence-electron chi connectivity index (χ3n) is 8.29. The number of hydrogen-bond donors (Lipinski definition) is 0. The van der Waals surface area contributed by atoms with Crippen molar-refractivity contribution in [1.29, 1.82) is 0 Å². The van der Waals surface area contributed by atoms with Gasteiger partial charge in [0, 0.05) is 13.0 Å². The van der Waals surface area contributed by atoms with Gasteiger partial charge in [-0.05, 0) is 49.6 Å². The van der Waals surface area contributed by atoms with E-state index in [0.717, 1.165) is 22.3 Å². The summed E-state index contributed by atoms with van der Waals surface area (Å²) in [7, 11) is 0. The average molecular weight is 508 g/mol. The van der Waals surface area contributed by atoms with Crippen molar-refractivity contribution in [3.8, 4) is 0 Å². The zero-order chi connectivity index (χ0) is 26.8. The number of aryl methyl sites for hydroxylation is 2. The highest BCUT2D eigenvalue weighted by Crippen LogP contribution is 2.59. The van der Waals surface area contributed by atoms with Gasteiger partial charge in [-0.15, -0.1) is 0 Å². The van der Waals surface area contributed by atoms with E-state index in [1.54, 1.807) is 24.0 Å². The zero-order valence-corrected chi connectivity index (χ0v) is 21.6. The number of carbonyl (C=O) groups excluding carboxylic acids is 4. The number of nitrogens with zero attached hydrogens (tertiary/aromatic N) is 3. The molecule has 0 aliphatic carbocycles. The maximum Gasteiger partial charge on any atom is 0.332 e. The van der Waals surface area contributed by atoms with E-state index in [0.29, 0.717) is 5.69 Å². The van der Waals surface area contributed by atoms with Crippen molar-refractivity contribution >= 4 is 29.4 Å². The molecule has 0 radical (unpaired) electrons. The second kappa shape index (κ2) is 8.65. The molecular weight excluding hydrogens is 478 g/mol. The summed E-state index contributed by atoms with van der Waals surface area (Å²) in [4.78, 5) is 60.7. The molecule has 3 aliphatic rings. The van der Waals surface area contributed by atoms with Gasteiger partial charge in [0.15, 0.2) is 0 Å². The van der Waals surface area contributed by atoms with E-state index in [4.69, 9.17) is 0 Å². The number of urea groups is 1. The fourth-order valence-corrected chi connectivity index (χ4v) is 6.65. The summed E-state index contributed by atoms with van der Waals surface area (Å²) in [6.45, 7) is 5.85. The Morgan fingerprint density at radius 2 is 1.50 bits per heavy atom. The minimum Gasteiger partial charge on any atom is -0.300 e. The third-order valence-corrected chi connectivity index (χ3v) is 8.29. The van der Waals surface area contributed by atoms with Gasteiger partial charge in [0.25, 0.3) is 5.91 Å². The highest BCUT2D eigenvalue weighted by atomic mass is 16.2. The zero-order valence-electron chi connectivity index (χ0n) is 21.6. The van der Waals surface area contributed by atoms with Crippen molar-refractivity contribution in [2.75, 3.05) is 11.4 Å². The van der Waals surface area contributed by atoms with Crippen LogP contribution in [0, 0.1) is 25.7 Å². The van der Waals surface area contributed by atoms with Crippen LogP contribution in [0.25, 0.3) is 0 Å².